The van der Waals surface area contributed by atoms with Crippen LogP contribution in [0.15, 0.2) is 47.1 Å². The molecule has 0 aromatic heterocycles. The lowest BCUT2D eigenvalue weighted by Crippen LogP contribution is -2.55. The smallest absolute Gasteiger partial charge is 0.308 e. The molecular weight excluding hydrogens is 520 g/mol. The van der Waals surface area contributed by atoms with E-state index in [1.54, 1.807) is 0 Å². The van der Waals surface area contributed by atoms with Gasteiger partial charge in [0.05, 0.1) is 6.10 Å². The Labute approximate surface area is 256 Å². The quantitative estimate of drug-likeness (QED) is 0.207. The van der Waals surface area contributed by atoms with Crippen molar-refractivity contribution in [3.05, 3.63) is 47.1 Å². The topological polar surface area (TPSA) is 66.8 Å². The van der Waals surface area contributed by atoms with Gasteiger partial charge in [-0.3, -0.25) is 4.79 Å². The van der Waals surface area contributed by atoms with Crippen LogP contribution in [0.25, 0.3) is 0 Å². The Bertz CT molecular complexity index is 1190. The summed E-state index contributed by atoms with van der Waals surface area (Å²) in [6.45, 7) is 21.0. The number of aliphatic hydroxyl groups is 1. The molecule has 1 aromatic carbocycles. The first-order chi connectivity index (χ1) is 19.6. The molecule has 4 aliphatic rings. The number of benzene rings is 1. The predicted molar refractivity (Wildman–Crippen MR) is 172 cm³/mol. The average Bonchev–Trinajstić information content (AvgIpc) is 3.19. The van der Waals surface area contributed by atoms with Gasteiger partial charge in [0, 0.05) is 6.92 Å². The zero-order chi connectivity index (χ0) is 31.1. The van der Waals surface area contributed by atoms with Crippen LogP contribution in [0.4, 0.5) is 0 Å². The molecule has 0 heterocycles. The van der Waals surface area contributed by atoms with Crippen molar-refractivity contribution in [2.24, 2.45) is 39.4 Å². The van der Waals surface area contributed by atoms with Gasteiger partial charge in [0.15, 0.2) is 0 Å². The highest BCUT2D eigenvalue weighted by Crippen LogP contribution is 2.72. The minimum atomic E-state index is -0.365. The number of carbonyl (C=O) groups is 1. The molecule has 0 saturated heterocycles. The molecule has 0 spiro atoms. The van der Waals surface area contributed by atoms with Crippen LogP contribution in [0.2, 0.25) is 0 Å². The van der Waals surface area contributed by atoms with Crippen molar-refractivity contribution in [3.63, 3.8) is 0 Å². The summed E-state index contributed by atoms with van der Waals surface area (Å²) in [6, 6.07) is 5.96. The SMILES string of the molecule is CC(=O)Oc1ccc(O)cc1.CC(C)=CCCC(C)C1CCC2(C)C3=C(CCC12C)C1(C)CCC(O)C(C)(C)C1CC3. The van der Waals surface area contributed by atoms with Gasteiger partial charge in [-0.1, -0.05) is 64.3 Å². The summed E-state index contributed by atoms with van der Waals surface area (Å²) in [6.07, 6.45) is 15.2. The van der Waals surface area contributed by atoms with E-state index in [1.165, 1.54) is 94.5 Å². The number of hydrogen-bond acceptors (Lipinski definition) is 4. The Hall–Kier alpha value is -2.07. The molecule has 234 valence electrons. The highest BCUT2D eigenvalue weighted by molar-refractivity contribution is 5.69. The molecule has 2 fully saturated rings. The summed E-state index contributed by atoms with van der Waals surface area (Å²) in [5.41, 5.74) is 6.41. The first-order valence-corrected chi connectivity index (χ1v) is 16.6. The van der Waals surface area contributed by atoms with Gasteiger partial charge < -0.3 is 14.9 Å². The van der Waals surface area contributed by atoms with Crippen LogP contribution < -0.4 is 4.74 Å². The average molecular weight is 579 g/mol. The summed E-state index contributed by atoms with van der Waals surface area (Å²) in [5, 5.41) is 19.7. The van der Waals surface area contributed by atoms with E-state index < -0.39 is 0 Å². The van der Waals surface area contributed by atoms with Crippen LogP contribution in [-0.4, -0.2) is 22.3 Å². The molecular formula is C38H58O4. The number of ether oxygens (including phenoxy) is 1. The van der Waals surface area contributed by atoms with Crippen LogP contribution in [0.5, 0.6) is 11.5 Å². The van der Waals surface area contributed by atoms with Gasteiger partial charge in [0.25, 0.3) is 0 Å². The number of aromatic hydroxyl groups is 1. The molecule has 7 atom stereocenters. The molecule has 2 saturated carbocycles. The number of hydrogen-bond donors (Lipinski definition) is 2. The second-order valence-electron chi connectivity index (χ2n) is 15.7. The molecule has 4 heteroatoms. The standard InChI is InChI=1S/C30H50O.C8H8O3/c1-20(2)10-9-11-21(3)22-14-18-30(8)24-12-13-25-27(4,5)26(31)16-17-28(25,6)23(24)15-19-29(22,30)7;1-6(9)11-8-4-2-7(10)3-5-8/h10,21-22,25-26,31H,9,11-19H2,1-8H3;2-5,10H,1H3. The van der Waals surface area contributed by atoms with E-state index in [-0.39, 0.29) is 23.2 Å². The molecule has 0 amide bonds. The molecule has 4 nitrogen and oxygen atoms in total. The fourth-order valence-electron chi connectivity index (χ4n) is 10.1. The maximum absolute atomic E-state index is 10.8. The first kappa shape index (κ1) is 32.8. The maximum atomic E-state index is 10.8. The molecule has 5 rings (SSSR count). The second kappa shape index (κ2) is 12.1. The molecule has 0 bridgehead atoms. The highest BCUT2D eigenvalue weighted by Gasteiger charge is 2.63. The number of phenolic OH excluding ortho intramolecular Hbond substituents is 1. The molecule has 0 aliphatic heterocycles. The molecule has 1 aromatic rings. The summed E-state index contributed by atoms with van der Waals surface area (Å²) < 4.78 is 4.72. The normalized spacial score (nSPS) is 35.5. The van der Waals surface area contributed by atoms with Gasteiger partial charge >= 0.3 is 5.97 Å². The van der Waals surface area contributed by atoms with E-state index in [1.807, 2.05) is 11.1 Å². The molecule has 0 radical (unpaired) electrons. The van der Waals surface area contributed by atoms with E-state index in [9.17, 15) is 9.90 Å². The third kappa shape index (κ3) is 5.86. The highest BCUT2D eigenvalue weighted by atomic mass is 16.5. The fraction of sp³-hybridized carbons (Fsp3) is 0.711. The summed E-state index contributed by atoms with van der Waals surface area (Å²) in [7, 11) is 0. The zero-order valence-electron chi connectivity index (χ0n) is 28.0. The van der Waals surface area contributed by atoms with Crippen molar-refractivity contribution < 1.29 is 19.7 Å². The van der Waals surface area contributed by atoms with Crippen molar-refractivity contribution in [1.29, 1.82) is 0 Å². The first-order valence-electron chi connectivity index (χ1n) is 16.6. The van der Waals surface area contributed by atoms with E-state index in [4.69, 9.17) is 9.84 Å². The van der Waals surface area contributed by atoms with E-state index in [0.29, 0.717) is 27.9 Å². The monoisotopic (exact) mass is 578 g/mol. The molecule has 4 aliphatic carbocycles. The Morgan fingerprint density at radius 3 is 2.24 bits per heavy atom. The van der Waals surface area contributed by atoms with E-state index in [0.717, 1.165) is 18.3 Å². The Morgan fingerprint density at radius 2 is 1.62 bits per heavy atom. The minimum absolute atomic E-state index is 0.0465. The van der Waals surface area contributed by atoms with E-state index in [2.05, 4.69) is 61.5 Å². The van der Waals surface area contributed by atoms with Gasteiger partial charge in [0.1, 0.15) is 11.5 Å². The number of aliphatic hydroxyl groups excluding tert-OH is 1. The largest absolute Gasteiger partial charge is 0.508 e. The van der Waals surface area contributed by atoms with Crippen molar-refractivity contribution in [3.8, 4) is 11.5 Å². The van der Waals surface area contributed by atoms with Gasteiger partial charge in [-0.05, 0) is 142 Å². The van der Waals surface area contributed by atoms with Gasteiger partial charge in [-0.2, -0.15) is 0 Å². The van der Waals surface area contributed by atoms with Gasteiger partial charge in [-0.15, -0.1) is 0 Å². The Morgan fingerprint density at radius 1 is 0.952 bits per heavy atom. The van der Waals surface area contributed by atoms with Crippen LogP contribution in [-0.2, 0) is 4.79 Å². The van der Waals surface area contributed by atoms with Gasteiger partial charge in [-0.25, -0.2) is 0 Å². The van der Waals surface area contributed by atoms with E-state index >= 15 is 0 Å². The molecule has 2 N–H and O–H groups in total. The van der Waals surface area contributed by atoms with Crippen LogP contribution >= 0.6 is 0 Å². The van der Waals surface area contributed by atoms with Crippen molar-refractivity contribution >= 4 is 5.97 Å². The third-order valence-electron chi connectivity index (χ3n) is 12.8. The number of fused-ring (bicyclic) bond motifs is 4. The number of rotatable bonds is 5. The van der Waals surface area contributed by atoms with Crippen molar-refractivity contribution in [2.45, 2.75) is 133 Å². The van der Waals surface area contributed by atoms with Crippen molar-refractivity contribution in [2.75, 3.05) is 0 Å². The number of carbonyl (C=O) groups excluding carboxylic acids is 1. The lowest BCUT2D eigenvalue weighted by Gasteiger charge is -2.62. The molecule has 7 unspecified atom stereocenters. The second-order valence-corrected chi connectivity index (χ2v) is 15.7. The Balaban J connectivity index is 0.000000310. The van der Waals surface area contributed by atoms with Crippen LogP contribution in [0, 0.1) is 39.4 Å². The zero-order valence-corrected chi connectivity index (χ0v) is 28.0. The Kier molecular flexibility index (Phi) is 9.49. The van der Waals surface area contributed by atoms with Gasteiger partial charge in [0.2, 0.25) is 0 Å². The summed E-state index contributed by atoms with van der Waals surface area (Å²) in [4.78, 5) is 10.4. The van der Waals surface area contributed by atoms with Crippen molar-refractivity contribution in [1.82, 2.24) is 0 Å². The third-order valence-corrected chi connectivity index (χ3v) is 12.8. The maximum Gasteiger partial charge on any atom is 0.308 e. The summed E-state index contributed by atoms with van der Waals surface area (Å²) >= 11 is 0. The summed E-state index contributed by atoms with van der Waals surface area (Å²) in [5.74, 6) is 2.55. The molecule has 42 heavy (non-hydrogen) atoms. The lowest BCUT2D eigenvalue weighted by molar-refractivity contribution is -0.131. The van der Waals surface area contributed by atoms with Crippen LogP contribution in [0.3, 0.4) is 0 Å². The number of phenols is 1. The van der Waals surface area contributed by atoms with Crippen LogP contribution in [0.1, 0.15) is 127 Å². The lowest BCUT2D eigenvalue weighted by atomic mass is 9.43. The number of allylic oxidation sites excluding steroid dienone is 4. The number of esters is 1. The fourth-order valence-corrected chi connectivity index (χ4v) is 10.1. The minimum Gasteiger partial charge on any atom is -0.508 e. The predicted octanol–water partition coefficient (Wildman–Crippen LogP) is 9.80.